The molecular weight excluding hydrogens is 240 g/mol. The predicted octanol–water partition coefficient (Wildman–Crippen LogP) is 3.35. The van der Waals surface area contributed by atoms with Gasteiger partial charge in [0.05, 0.1) is 4.92 Å². The maximum Gasteiger partial charge on any atom is 0.272 e. The predicted molar refractivity (Wildman–Crippen MR) is 76.1 cm³/mol. The van der Waals surface area contributed by atoms with E-state index in [0.29, 0.717) is 5.92 Å². The van der Waals surface area contributed by atoms with Crippen LogP contribution in [0.25, 0.3) is 0 Å². The van der Waals surface area contributed by atoms with Crippen LogP contribution in [-0.2, 0) is 6.42 Å². The summed E-state index contributed by atoms with van der Waals surface area (Å²) < 4.78 is 0. The van der Waals surface area contributed by atoms with Gasteiger partial charge in [0.25, 0.3) is 5.69 Å². The van der Waals surface area contributed by atoms with E-state index >= 15 is 0 Å². The highest BCUT2D eigenvalue weighted by molar-refractivity contribution is 5.44. The van der Waals surface area contributed by atoms with E-state index in [1.54, 1.807) is 12.1 Å². The van der Waals surface area contributed by atoms with Gasteiger partial charge in [-0.25, -0.2) is 0 Å². The smallest absolute Gasteiger partial charge is 0.272 e. The molecule has 0 saturated heterocycles. The SMILES string of the molecule is Cc1c(CCC(N)C2CCCC2)cccc1[N+](=O)[O-]. The highest BCUT2D eigenvalue weighted by atomic mass is 16.6. The van der Waals surface area contributed by atoms with Gasteiger partial charge < -0.3 is 5.73 Å². The van der Waals surface area contributed by atoms with Crippen molar-refractivity contribution < 1.29 is 4.92 Å². The summed E-state index contributed by atoms with van der Waals surface area (Å²) in [4.78, 5) is 10.6. The molecule has 1 atom stereocenters. The average Bonchev–Trinajstić information content (AvgIpc) is 2.90. The second-order valence-electron chi connectivity index (χ2n) is 5.57. The largest absolute Gasteiger partial charge is 0.327 e. The number of hydrogen-bond donors (Lipinski definition) is 1. The topological polar surface area (TPSA) is 69.2 Å². The fraction of sp³-hybridized carbons (Fsp3) is 0.600. The molecule has 0 bridgehead atoms. The van der Waals surface area contributed by atoms with E-state index in [1.807, 2.05) is 13.0 Å². The van der Waals surface area contributed by atoms with E-state index < -0.39 is 0 Å². The van der Waals surface area contributed by atoms with E-state index in [-0.39, 0.29) is 16.7 Å². The molecule has 1 unspecified atom stereocenters. The first-order valence-corrected chi connectivity index (χ1v) is 7.08. The van der Waals surface area contributed by atoms with Gasteiger partial charge >= 0.3 is 0 Å². The van der Waals surface area contributed by atoms with Crippen LogP contribution in [0.5, 0.6) is 0 Å². The van der Waals surface area contributed by atoms with Gasteiger partial charge in [-0.15, -0.1) is 0 Å². The fourth-order valence-corrected chi connectivity index (χ4v) is 3.08. The van der Waals surface area contributed by atoms with Crippen molar-refractivity contribution in [2.24, 2.45) is 11.7 Å². The molecule has 19 heavy (non-hydrogen) atoms. The summed E-state index contributed by atoms with van der Waals surface area (Å²) in [7, 11) is 0. The minimum Gasteiger partial charge on any atom is -0.327 e. The van der Waals surface area contributed by atoms with E-state index in [9.17, 15) is 10.1 Å². The molecule has 4 nitrogen and oxygen atoms in total. The molecule has 0 radical (unpaired) electrons. The second kappa shape index (κ2) is 6.15. The van der Waals surface area contributed by atoms with Crippen LogP contribution in [0.2, 0.25) is 0 Å². The van der Waals surface area contributed by atoms with Gasteiger partial charge in [-0.1, -0.05) is 25.0 Å². The monoisotopic (exact) mass is 262 g/mol. The van der Waals surface area contributed by atoms with Gasteiger partial charge in [0, 0.05) is 17.7 Å². The third-order valence-corrected chi connectivity index (χ3v) is 4.37. The molecule has 104 valence electrons. The van der Waals surface area contributed by atoms with Crippen molar-refractivity contribution in [3.8, 4) is 0 Å². The van der Waals surface area contributed by atoms with Crippen LogP contribution in [0.4, 0.5) is 5.69 Å². The fourth-order valence-electron chi connectivity index (χ4n) is 3.08. The molecule has 1 aliphatic carbocycles. The number of nitrogens with zero attached hydrogens (tertiary/aromatic N) is 1. The zero-order valence-electron chi connectivity index (χ0n) is 11.5. The Kier molecular flexibility index (Phi) is 4.53. The number of hydrogen-bond acceptors (Lipinski definition) is 3. The average molecular weight is 262 g/mol. The lowest BCUT2D eigenvalue weighted by Gasteiger charge is -2.19. The van der Waals surface area contributed by atoms with Gasteiger partial charge in [0.15, 0.2) is 0 Å². The first-order chi connectivity index (χ1) is 9.09. The molecule has 0 aromatic heterocycles. The van der Waals surface area contributed by atoms with E-state index in [0.717, 1.165) is 24.0 Å². The third-order valence-electron chi connectivity index (χ3n) is 4.37. The van der Waals surface area contributed by atoms with Crippen molar-refractivity contribution in [1.82, 2.24) is 0 Å². The molecule has 0 heterocycles. The van der Waals surface area contributed by atoms with Crippen molar-refractivity contribution in [2.45, 2.75) is 51.5 Å². The van der Waals surface area contributed by atoms with Crippen molar-refractivity contribution in [3.05, 3.63) is 39.4 Å². The Morgan fingerprint density at radius 2 is 2.11 bits per heavy atom. The lowest BCUT2D eigenvalue weighted by molar-refractivity contribution is -0.385. The quantitative estimate of drug-likeness (QED) is 0.653. The zero-order valence-corrected chi connectivity index (χ0v) is 11.5. The summed E-state index contributed by atoms with van der Waals surface area (Å²) >= 11 is 0. The maximum atomic E-state index is 10.9. The standard InChI is InChI=1S/C15H22N2O2/c1-11-12(7-4-8-15(11)17(18)19)9-10-14(16)13-5-2-3-6-13/h4,7-8,13-14H,2-3,5-6,9-10,16H2,1H3. The molecule has 1 aromatic carbocycles. The molecule has 2 N–H and O–H groups in total. The number of nitro groups is 1. The van der Waals surface area contributed by atoms with Crippen LogP contribution < -0.4 is 5.73 Å². The molecular formula is C15H22N2O2. The summed E-state index contributed by atoms with van der Waals surface area (Å²) in [5.74, 6) is 0.652. The minimum atomic E-state index is -0.310. The first kappa shape index (κ1) is 14.0. The lowest BCUT2D eigenvalue weighted by atomic mass is 9.92. The van der Waals surface area contributed by atoms with Crippen LogP contribution in [-0.4, -0.2) is 11.0 Å². The van der Waals surface area contributed by atoms with Crippen LogP contribution in [0.1, 0.15) is 43.2 Å². The lowest BCUT2D eigenvalue weighted by Crippen LogP contribution is -2.28. The Labute approximate surface area is 114 Å². The van der Waals surface area contributed by atoms with E-state index in [2.05, 4.69) is 0 Å². The zero-order chi connectivity index (χ0) is 13.8. The molecule has 1 aliphatic rings. The molecule has 1 saturated carbocycles. The molecule has 4 heteroatoms. The summed E-state index contributed by atoms with van der Waals surface area (Å²) in [6, 6.07) is 5.54. The summed E-state index contributed by atoms with van der Waals surface area (Å²) in [5, 5.41) is 10.9. The van der Waals surface area contributed by atoms with Gasteiger partial charge in [-0.3, -0.25) is 10.1 Å². The molecule has 2 rings (SSSR count). The second-order valence-corrected chi connectivity index (χ2v) is 5.57. The Hall–Kier alpha value is -1.42. The number of aryl methyl sites for hydroxylation is 1. The Morgan fingerprint density at radius 1 is 1.42 bits per heavy atom. The number of rotatable bonds is 5. The molecule has 0 spiro atoms. The van der Waals surface area contributed by atoms with Crippen LogP contribution >= 0.6 is 0 Å². The highest BCUT2D eigenvalue weighted by Gasteiger charge is 2.22. The highest BCUT2D eigenvalue weighted by Crippen LogP contribution is 2.29. The Balaban J connectivity index is 1.99. The first-order valence-electron chi connectivity index (χ1n) is 7.08. The van der Waals surface area contributed by atoms with Crippen molar-refractivity contribution in [1.29, 1.82) is 0 Å². The Bertz CT molecular complexity index is 453. The van der Waals surface area contributed by atoms with E-state index in [1.165, 1.54) is 25.7 Å². The van der Waals surface area contributed by atoms with Crippen LogP contribution in [0, 0.1) is 23.0 Å². The van der Waals surface area contributed by atoms with Gasteiger partial charge in [0.2, 0.25) is 0 Å². The molecule has 1 fully saturated rings. The van der Waals surface area contributed by atoms with Gasteiger partial charge in [0.1, 0.15) is 0 Å². The summed E-state index contributed by atoms with van der Waals surface area (Å²) in [6.07, 6.45) is 6.85. The number of nitrogens with two attached hydrogens (primary N) is 1. The molecule has 1 aromatic rings. The Morgan fingerprint density at radius 3 is 2.74 bits per heavy atom. The van der Waals surface area contributed by atoms with Gasteiger partial charge in [-0.05, 0) is 44.1 Å². The third kappa shape index (κ3) is 3.32. The minimum absolute atomic E-state index is 0.215. The number of benzene rings is 1. The molecule has 0 aliphatic heterocycles. The summed E-state index contributed by atoms with van der Waals surface area (Å²) in [6.45, 7) is 1.83. The van der Waals surface area contributed by atoms with Crippen LogP contribution in [0.3, 0.4) is 0 Å². The van der Waals surface area contributed by atoms with Crippen molar-refractivity contribution in [2.75, 3.05) is 0 Å². The molecule has 0 amide bonds. The normalized spacial score (nSPS) is 17.6. The van der Waals surface area contributed by atoms with Crippen molar-refractivity contribution in [3.63, 3.8) is 0 Å². The van der Waals surface area contributed by atoms with Crippen molar-refractivity contribution >= 4 is 5.69 Å². The number of nitro benzene ring substituents is 1. The summed E-state index contributed by atoms with van der Waals surface area (Å²) in [5.41, 5.74) is 8.30. The van der Waals surface area contributed by atoms with Crippen LogP contribution in [0.15, 0.2) is 18.2 Å². The maximum absolute atomic E-state index is 10.9. The van der Waals surface area contributed by atoms with Gasteiger partial charge in [-0.2, -0.15) is 0 Å². The van der Waals surface area contributed by atoms with E-state index in [4.69, 9.17) is 5.73 Å².